The maximum Gasteiger partial charge on any atom is 0.133 e. The molecule has 1 unspecified atom stereocenters. The van der Waals surface area contributed by atoms with E-state index in [9.17, 15) is 0 Å². The normalized spacial score (nSPS) is 11.1. The Morgan fingerprint density at radius 2 is 0.727 bits per heavy atom. The molecule has 5 aromatic carbocycles. The van der Waals surface area contributed by atoms with E-state index < -0.39 is 17.6 Å². The predicted octanol–water partition coefficient (Wildman–Crippen LogP) is 1.68. The summed E-state index contributed by atoms with van der Waals surface area (Å²) >= 11 is 0. The monoisotopic (exact) mass is 474 g/mol. The topological polar surface area (TPSA) is 0 Å². The van der Waals surface area contributed by atoms with E-state index in [1.807, 2.05) is 0 Å². The highest BCUT2D eigenvalue weighted by Crippen LogP contribution is 2.00. The number of hydrogen-bond donors (Lipinski definition) is 0. The molecule has 0 aliphatic heterocycles. The van der Waals surface area contributed by atoms with Crippen molar-refractivity contribution in [3.05, 3.63) is 140 Å². The maximum absolute atomic E-state index is 3.07. The third-order valence-corrected chi connectivity index (χ3v) is 14.1. The Morgan fingerprint density at radius 1 is 0.364 bits per heavy atom. The van der Waals surface area contributed by atoms with Crippen molar-refractivity contribution in [1.82, 2.24) is 0 Å². The minimum atomic E-state index is -1.68. The van der Waals surface area contributed by atoms with E-state index in [0.29, 0.717) is 0 Å². The third kappa shape index (κ3) is 4.70. The molecule has 5 aromatic rings. The molecule has 160 valence electrons. The summed E-state index contributed by atoms with van der Waals surface area (Å²) in [5.41, 5.74) is 0. The van der Waals surface area contributed by atoms with E-state index in [0.717, 1.165) is 0 Å². The highest BCUT2D eigenvalue weighted by atomic mass is 31.0. The largest absolute Gasteiger partial charge is 0.133 e. The number of hydrogen-bond acceptors (Lipinski definition) is 0. The summed E-state index contributed by atoms with van der Waals surface area (Å²) in [5, 5.41) is 10.3. The van der Waals surface area contributed by atoms with Gasteiger partial charge in [0.2, 0.25) is 0 Å². The zero-order valence-electron chi connectivity index (χ0n) is 18.5. The SMILES string of the molecule is Pc1cccc([SiH](c2ccccc2)c2ccccc2)c1[SiH](c1ccccc1)c1ccccc1. The first-order valence-corrected chi connectivity index (χ1v) is 15.4. The Kier molecular flexibility index (Phi) is 6.78. The number of benzene rings is 5. The smallest absolute Gasteiger partial charge is 0.106 e. The second-order valence-corrected chi connectivity index (χ2v) is 14.6. The molecule has 0 nitrogen and oxygen atoms in total. The van der Waals surface area contributed by atoms with Gasteiger partial charge in [-0.1, -0.05) is 165 Å². The summed E-state index contributed by atoms with van der Waals surface area (Å²) in [7, 11) is -0.267. The molecular formula is C30H27PSi2. The van der Waals surface area contributed by atoms with E-state index in [1.54, 1.807) is 10.4 Å². The second-order valence-electron chi connectivity index (χ2n) is 8.36. The quantitative estimate of drug-likeness (QED) is 0.200. The van der Waals surface area contributed by atoms with Gasteiger partial charge in [0.1, 0.15) is 17.6 Å². The average Bonchev–Trinajstić information content (AvgIpc) is 2.89. The Morgan fingerprint density at radius 3 is 1.12 bits per heavy atom. The average molecular weight is 475 g/mol. The Balaban J connectivity index is 1.79. The summed E-state index contributed by atoms with van der Waals surface area (Å²) in [5.74, 6) is 0. The van der Waals surface area contributed by atoms with Crippen molar-refractivity contribution in [3.63, 3.8) is 0 Å². The minimum absolute atomic E-state index is 1.33. The van der Waals surface area contributed by atoms with Crippen LogP contribution in [0.3, 0.4) is 0 Å². The van der Waals surface area contributed by atoms with E-state index >= 15 is 0 Å². The molecule has 1 atom stereocenters. The van der Waals surface area contributed by atoms with Crippen LogP contribution in [0.4, 0.5) is 0 Å². The van der Waals surface area contributed by atoms with E-state index in [2.05, 4.69) is 149 Å². The lowest BCUT2D eigenvalue weighted by atomic mass is 10.3. The van der Waals surface area contributed by atoms with Crippen molar-refractivity contribution in [2.24, 2.45) is 0 Å². The molecule has 0 aliphatic rings. The van der Waals surface area contributed by atoms with Gasteiger partial charge < -0.3 is 0 Å². The van der Waals surface area contributed by atoms with Crippen LogP contribution in [0.5, 0.6) is 0 Å². The molecule has 3 heteroatoms. The highest BCUT2D eigenvalue weighted by molar-refractivity contribution is 7.30. The van der Waals surface area contributed by atoms with Crippen LogP contribution in [0.25, 0.3) is 0 Å². The molecule has 0 radical (unpaired) electrons. The molecule has 0 aromatic heterocycles. The van der Waals surface area contributed by atoms with Gasteiger partial charge in [0, 0.05) is 0 Å². The summed E-state index contributed by atoms with van der Waals surface area (Å²) < 4.78 is 0. The molecule has 33 heavy (non-hydrogen) atoms. The molecule has 0 spiro atoms. The first-order chi connectivity index (χ1) is 16.3. The van der Waals surface area contributed by atoms with Crippen molar-refractivity contribution < 1.29 is 0 Å². The summed E-state index contributed by atoms with van der Waals surface area (Å²) in [6, 6.07) is 51.5. The predicted molar refractivity (Wildman–Crippen MR) is 154 cm³/mol. The first-order valence-electron chi connectivity index (χ1n) is 11.4. The molecule has 0 N–H and O–H groups in total. The van der Waals surface area contributed by atoms with Gasteiger partial charge >= 0.3 is 0 Å². The van der Waals surface area contributed by atoms with Gasteiger partial charge in [-0.15, -0.1) is 9.24 Å². The summed E-state index contributed by atoms with van der Waals surface area (Å²) in [4.78, 5) is 0. The van der Waals surface area contributed by atoms with E-state index in [-0.39, 0.29) is 0 Å². The molecular weight excluding hydrogens is 447 g/mol. The molecule has 0 saturated heterocycles. The van der Waals surface area contributed by atoms with E-state index in [1.165, 1.54) is 26.1 Å². The lowest BCUT2D eigenvalue weighted by Gasteiger charge is -2.27. The maximum atomic E-state index is 3.07. The second kappa shape index (κ2) is 10.3. The highest BCUT2D eigenvalue weighted by Gasteiger charge is 2.29. The molecule has 0 bridgehead atoms. The summed E-state index contributed by atoms with van der Waals surface area (Å²) in [6.45, 7) is 0. The molecule has 0 aliphatic carbocycles. The Hall–Kier alpha value is -3.04. The molecule has 0 heterocycles. The molecule has 5 rings (SSSR count). The van der Waals surface area contributed by atoms with Gasteiger partial charge in [-0.2, -0.15) is 0 Å². The zero-order chi connectivity index (χ0) is 22.5. The standard InChI is InChI=1S/C30H27PSi2/c31-28-22-13-23-29(32(24-14-5-1-6-15-24)25-16-7-2-8-17-25)30(28)33(26-18-9-3-10-19-26)27-20-11-4-12-21-27/h1-23,32-33H,31H2. The summed E-state index contributed by atoms with van der Waals surface area (Å²) in [6.07, 6.45) is 0. The van der Waals surface area contributed by atoms with Gasteiger partial charge in [0.25, 0.3) is 0 Å². The van der Waals surface area contributed by atoms with Crippen LogP contribution in [0.15, 0.2) is 140 Å². The number of rotatable bonds is 6. The van der Waals surface area contributed by atoms with Crippen LogP contribution in [0.1, 0.15) is 0 Å². The molecule has 0 amide bonds. The Bertz CT molecular complexity index is 1230. The van der Waals surface area contributed by atoms with Crippen molar-refractivity contribution >= 4 is 63.3 Å². The van der Waals surface area contributed by atoms with Crippen molar-refractivity contribution in [3.8, 4) is 0 Å². The van der Waals surface area contributed by atoms with Gasteiger partial charge in [-0.05, 0) is 10.5 Å². The van der Waals surface area contributed by atoms with Gasteiger partial charge in [0.05, 0.1) is 0 Å². The van der Waals surface area contributed by atoms with Crippen LogP contribution >= 0.6 is 9.24 Å². The van der Waals surface area contributed by atoms with Crippen LogP contribution in [-0.4, -0.2) is 17.6 Å². The van der Waals surface area contributed by atoms with Gasteiger partial charge in [-0.25, -0.2) is 0 Å². The fourth-order valence-electron chi connectivity index (χ4n) is 4.85. The third-order valence-electron chi connectivity index (χ3n) is 6.30. The van der Waals surface area contributed by atoms with Crippen molar-refractivity contribution in [2.45, 2.75) is 0 Å². The van der Waals surface area contributed by atoms with Gasteiger partial charge in [-0.3, -0.25) is 0 Å². The minimum Gasteiger partial charge on any atom is -0.106 e. The van der Waals surface area contributed by atoms with Crippen LogP contribution in [0, 0.1) is 0 Å². The Labute approximate surface area is 202 Å². The fourth-order valence-corrected chi connectivity index (χ4v) is 13.0. The molecule has 0 saturated carbocycles. The first kappa shape index (κ1) is 21.8. The molecule has 0 fully saturated rings. The van der Waals surface area contributed by atoms with Crippen LogP contribution < -0.4 is 36.4 Å². The van der Waals surface area contributed by atoms with Crippen LogP contribution in [0.2, 0.25) is 0 Å². The lowest BCUT2D eigenvalue weighted by Crippen LogP contribution is -2.67. The van der Waals surface area contributed by atoms with Gasteiger partial charge in [0.15, 0.2) is 0 Å². The van der Waals surface area contributed by atoms with Crippen molar-refractivity contribution in [2.75, 3.05) is 0 Å². The lowest BCUT2D eigenvalue weighted by molar-refractivity contribution is 1.72. The fraction of sp³-hybridized carbons (Fsp3) is 0. The van der Waals surface area contributed by atoms with Crippen LogP contribution in [-0.2, 0) is 0 Å². The zero-order valence-corrected chi connectivity index (χ0v) is 22.0. The van der Waals surface area contributed by atoms with E-state index in [4.69, 9.17) is 0 Å². The van der Waals surface area contributed by atoms with Crippen molar-refractivity contribution in [1.29, 1.82) is 0 Å².